The molecule has 0 unspecified atom stereocenters. The molecule has 2 N–H and O–H groups in total. The summed E-state index contributed by atoms with van der Waals surface area (Å²) in [5.41, 5.74) is 0. The minimum absolute atomic E-state index is 0.0256. The molecule has 0 radical (unpaired) electrons. The molecule has 0 amide bonds. The van der Waals surface area contributed by atoms with Crippen LogP contribution >= 0.6 is 0 Å². The maximum atomic E-state index is 11.0. The Morgan fingerprint density at radius 1 is 1.00 bits per heavy atom. The fraction of sp³-hybridized carbons (Fsp3) is 0.667. The first-order valence-corrected chi connectivity index (χ1v) is 5.98. The van der Waals surface area contributed by atoms with E-state index in [0.29, 0.717) is 0 Å². The summed E-state index contributed by atoms with van der Waals surface area (Å²) in [6, 6.07) is 0. The van der Waals surface area contributed by atoms with Crippen molar-refractivity contribution in [2.45, 2.75) is 45.2 Å². The van der Waals surface area contributed by atoms with E-state index in [-0.39, 0.29) is 6.29 Å². The molecule has 0 aliphatic rings. The summed E-state index contributed by atoms with van der Waals surface area (Å²) >= 11 is 0. The number of aliphatic hydroxyl groups is 2. The first-order chi connectivity index (χ1) is 9.68. The molecule has 0 aromatic carbocycles. The van der Waals surface area contributed by atoms with Crippen molar-refractivity contribution in [1.29, 1.82) is 0 Å². The highest BCUT2D eigenvalue weighted by Crippen LogP contribution is 2.14. The normalized spacial score (nSPS) is 16.0. The van der Waals surface area contributed by atoms with E-state index in [4.69, 9.17) is 9.47 Å². The highest BCUT2D eigenvalue weighted by molar-refractivity contribution is 5.68. The molecule has 0 rings (SSSR count). The molecule has 0 heterocycles. The molecule has 0 saturated carbocycles. The van der Waals surface area contributed by atoms with Gasteiger partial charge in [-0.1, -0.05) is 0 Å². The Balaban J connectivity index is 5.21. The Hall–Kier alpha value is -2.00. The van der Waals surface area contributed by atoms with E-state index in [1.165, 1.54) is 0 Å². The fourth-order valence-electron chi connectivity index (χ4n) is 1.44. The summed E-state index contributed by atoms with van der Waals surface area (Å²) in [6.07, 6.45) is -6.65. The van der Waals surface area contributed by atoms with Gasteiger partial charge in [-0.15, -0.1) is 0 Å². The number of hydrogen-bond donors (Lipinski definition) is 2. The van der Waals surface area contributed by atoms with Crippen LogP contribution in [0.1, 0.15) is 20.8 Å². The summed E-state index contributed by atoms with van der Waals surface area (Å²) in [6.45, 7) is 2.65. The van der Waals surface area contributed by atoms with E-state index in [0.717, 1.165) is 20.8 Å². The minimum atomic E-state index is -1.87. The van der Waals surface area contributed by atoms with Gasteiger partial charge in [0.25, 0.3) is 0 Å². The third-order valence-electron chi connectivity index (χ3n) is 2.26. The molecular weight excluding hydrogens is 288 g/mol. The lowest BCUT2D eigenvalue weighted by atomic mass is 10.0. The molecule has 4 atom stereocenters. The third-order valence-corrected chi connectivity index (χ3v) is 2.26. The van der Waals surface area contributed by atoms with E-state index in [1.807, 2.05) is 0 Å². The van der Waals surface area contributed by atoms with Crippen LogP contribution in [0.2, 0.25) is 0 Å². The summed E-state index contributed by atoms with van der Waals surface area (Å²) in [7, 11) is 0. The van der Waals surface area contributed by atoms with Crippen LogP contribution in [-0.2, 0) is 33.4 Å². The standard InChI is InChI=1S/C12H18O9/c1-6(14)19-5-10(20-7(2)15)12(21-8(3)16)11(18)9(17)4-13/h4,9-12,17-18H,5H2,1-3H3/t9-,10+,11+,12+/m0/s1. The Labute approximate surface area is 120 Å². The predicted octanol–water partition coefficient (Wildman–Crippen LogP) is -1.67. The van der Waals surface area contributed by atoms with Crippen LogP contribution in [0.3, 0.4) is 0 Å². The van der Waals surface area contributed by atoms with Crippen molar-refractivity contribution in [3.8, 4) is 0 Å². The van der Waals surface area contributed by atoms with Gasteiger partial charge in [-0.2, -0.15) is 0 Å². The second-order valence-corrected chi connectivity index (χ2v) is 4.14. The minimum Gasteiger partial charge on any atom is -0.462 e. The summed E-state index contributed by atoms with van der Waals surface area (Å²) in [4.78, 5) is 43.4. The summed E-state index contributed by atoms with van der Waals surface area (Å²) in [5.74, 6) is -2.34. The average molecular weight is 306 g/mol. The van der Waals surface area contributed by atoms with Crippen molar-refractivity contribution < 1.29 is 43.6 Å². The highest BCUT2D eigenvalue weighted by Gasteiger charge is 2.38. The molecule has 0 aromatic heterocycles. The average Bonchev–Trinajstić information content (AvgIpc) is 2.38. The molecule has 0 aromatic rings. The molecule has 21 heavy (non-hydrogen) atoms. The van der Waals surface area contributed by atoms with Crippen LogP contribution in [0.5, 0.6) is 0 Å². The number of aliphatic hydroxyl groups excluding tert-OH is 2. The number of rotatable bonds is 8. The fourth-order valence-corrected chi connectivity index (χ4v) is 1.44. The number of aldehydes is 1. The van der Waals surface area contributed by atoms with E-state index >= 15 is 0 Å². The van der Waals surface area contributed by atoms with Gasteiger partial charge in [-0.3, -0.25) is 14.4 Å². The molecule has 120 valence electrons. The predicted molar refractivity (Wildman–Crippen MR) is 65.8 cm³/mol. The highest BCUT2D eigenvalue weighted by atomic mass is 16.6. The van der Waals surface area contributed by atoms with Gasteiger partial charge in [-0.25, -0.2) is 0 Å². The Morgan fingerprint density at radius 2 is 1.52 bits per heavy atom. The lowest BCUT2D eigenvalue weighted by molar-refractivity contribution is -0.188. The monoisotopic (exact) mass is 306 g/mol. The molecular formula is C12H18O9. The van der Waals surface area contributed by atoms with Gasteiger partial charge in [0, 0.05) is 20.8 Å². The van der Waals surface area contributed by atoms with Gasteiger partial charge in [0.2, 0.25) is 0 Å². The van der Waals surface area contributed by atoms with E-state index in [9.17, 15) is 29.4 Å². The second-order valence-electron chi connectivity index (χ2n) is 4.14. The topological polar surface area (TPSA) is 136 Å². The van der Waals surface area contributed by atoms with Crippen LogP contribution in [0.25, 0.3) is 0 Å². The molecule has 0 aliphatic heterocycles. The van der Waals surface area contributed by atoms with Crippen LogP contribution < -0.4 is 0 Å². The Morgan fingerprint density at radius 3 is 1.90 bits per heavy atom. The van der Waals surface area contributed by atoms with E-state index < -0.39 is 48.9 Å². The van der Waals surface area contributed by atoms with Gasteiger partial charge >= 0.3 is 17.9 Å². The number of carbonyl (C=O) groups is 4. The zero-order valence-corrected chi connectivity index (χ0v) is 11.8. The first kappa shape index (κ1) is 19.0. The lowest BCUT2D eigenvalue weighted by Crippen LogP contribution is -2.50. The smallest absolute Gasteiger partial charge is 0.303 e. The molecule has 0 fully saturated rings. The molecule has 9 heteroatoms. The maximum absolute atomic E-state index is 11.0. The lowest BCUT2D eigenvalue weighted by Gasteiger charge is -2.30. The zero-order chi connectivity index (χ0) is 16.6. The third kappa shape index (κ3) is 7.37. The van der Waals surface area contributed by atoms with Crippen molar-refractivity contribution in [3.63, 3.8) is 0 Å². The van der Waals surface area contributed by atoms with Crippen molar-refractivity contribution in [2.24, 2.45) is 0 Å². The quantitative estimate of drug-likeness (QED) is 0.306. The van der Waals surface area contributed by atoms with Crippen molar-refractivity contribution in [3.05, 3.63) is 0 Å². The van der Waals surface area contributed by atoms with Crippen LogP contribution in [-0.4, -0.2) is 65.4 Å². The number of carbonyl (C=O) groups excluding carboxylic acids is 4. The van der Waals surface area contributed by atoms with Gasteiger partial charge in [0.1, 0.15) is 18.8 Å². The van der Waals surface area contributed by atoms with Crippen molar-refractivity contribution >= 4 is 24.2 Å². The SMILES string of the molecule is CC(=O)OC[C@@H](OC(C)=O)[C@@H](OC(C)=O)[C@H](O)[C@@H](O)C=O. The van der Waals surface area contributed by atoms with Gasteiger partial charge in [-0.05, 0) is 0 Å². The second kappa shape index (κ2) is 9.03. The largest absolute Gasteiger partial charge is 0.462 e. The molecule has 0 aliphatic carbocycles. The van der Waals surface area contributed by atoms with Crippen LogP contribution in [0.15, 0.2) is 0 Å². The zero-order valence-electron chi connectivity index (χ0n) is 11.8. The van der Waals surface area contributed by atoms with Gasteiger partial charge in [0.05, 0.1) is 0 Å². The van der Waals surface area contributed by atoms with Gasteiger partial charge < -0.3 is 29.2 Å². The number of esters is 3. The first-order valence-electron chi connectivity index (χ1n) is 5.98. The van der Waals surface area contributed by atoms with Gasteiger partial charge in [0.15, 0.2) is 18.5 Å². The van der Waals surface area contributed by atoms with E-state index in [2.05, 4.69) is 4.74 Å². The maximum Gasteiger partial charge on any atom is 0.303 e. The molecule has 9 nitrogen and oxygen atoms in total. The molecule has 0 spiro atoms. The molecule has 0 bridgehead atoms. The van der Waals surface area contributed by atoms with Crippen LogP contribution in [0.4, 0.5) is 0 Å². The number of hydrogen-bond acceptors (Lipinski definition) is 9. The Kier molecular flexibility index (Phi) is 8.17. The Bertz CT molecular complexity index is 392. The number of ether oxygens (including phenoxy) is 3. The van der Waals surface area contributed by atoms with Crippen molar-refractivity contribution in [1.82, 2.24) is 0 Å². The van der Waals surface area contributed by atoms with Crippen molar-refractivity contribution in [2.75, 3.05) is 6.61 Å². The molecule has 0 saturated heterocycles. The summed E-state index contributed by atoms with van der Waals surface area (Å²) in [5, 5.41) is 19.1. The van der Waals surface area contributed by atoms with Crippen LogP contribution in [0, 0.1) is 0 Å². The van der Waals surface area contributed by atoms with E-state index in [1.54, 1.807) is 0 Å². The summed E-state index contributed by atoms with van der Waals surface area (Å²) < 4.78 is 14.2.